The number of aromatic nitrogens is 2. The zero-order valence-electron chi connectivity index (χ0n) is 15.2. The van der Waals surface area contributed by atoms with Crippen molar-refractivity contribution in [2.45, 2.75) is 23.5 Å². The van der Waals surface area contributed by atoms with Crippen molar-refractivity contribution >= 4 is 54.7 Å². The minimum atomic E-state index is -3.57. The number of nitrogens with zero attached hydrogens (tertiary/aromatic N) is 2. The lowest BCUT2D eigenvalue weighted by Gasteiger charge is -2.29. The molecule has 0 amide bonds. The highest BCUT2D eigenvalue weighted by molar-refractivity contribution is 7.94. The highest BCUT2D eigenvalue weighted by Crippen LogP contribution is 2.35. The number of H-pyrrole nitrogens is 1. The lowest BCUT2D eigenvalue weighted by Crippen LogP contribution is -2.29. The Hall–Kier alpha value is -2.58. The van der Waals surface area contributed by atoms with Gasteiger partial charge in [0.1, 0.15) is 9.86 Å². The van der Waals surface area contributed by atoms with Gasteiger partial charge in [-0.25, -0.2) is 13.4 Å². The quantitative estimate of drug-likeness (QED) is 0.515. The van der Waals surface area contributed by atoms with E-state index < -0.39 is 10.0 Å². The Morgan fingerprint density at radius 1 is 1.11 bits per heavy atom. The van der Waals surface area contributed by atoms with Gasteiger partial charge in [-0.15, -0.1) is 11.3 Å². The van der Waals surface area contributed by atoms with Gasteiger partial charge < -0.3 is 9.88 Å². The summed E-state index contributed by atoms with van der Waals surface area (Å²) in [7, 11) is -3.57. The maximum Gasteiger partial charge on any atom is 0.271 e. The van der Waals surface area contributed by atoms with Crippen LogP contribution in [0.25, 0.3) is 21.9 Å². The summed E-state index contributed by atoms with van der Waals surface area (Å²) < 4.78 is 28.2. The van der Waals surface area contributed by atoms with E-state index in [4.69, 9.17) is 0 Å². The number of nitrogens with one attached hydrogen (secondary N) is 2. The third-order valence-electron chi connectivity index (χ3n) is 5.18. The van der Waals surface area contributed by atoms with Crippen molar-refractivity contribution in [2.75, 3.05) is 22.7 Å². The van der Waals surface area contributed by atoms with Gasteiger partial charge in [0.15, 0.2) is 0 Å². The van der Waals surface area contributed by atoms with Gasteiger partial charge in [-0.1, -0.05) is 6.07 Å². The number of fused-ring (bicyclic) bond motifs is 3. The number of hydrogen-bond acceptors (Lipinski definition) is 5. The van der Waals surface area contributed by atoms with E-state index in [0.717, 1.165) is 40.7 Å². The highest BCUT2D eigenvalue weighted by atomic mass is 32.2. The molecule has 6 nitrogen and oxygen atoms in total. The van der Waals surface area contributed by atoms with Crippen LogP contribution in [0.15, 0.2) is 52.2 Å². The van der Waals surface area contributed by atoms with Crippen LogP contribution in [0.5, 0.6) is 0 Å². The number of pyridine rings is 1. The van der Waals surface area contributed by atoms with Crippen molar-refractivity contribution in [2.24, 2.45) is 0 Å². The molecule has 1 fully saturated rings. The predicted molar refractivity (Wildman–Crippen MR) is 115 cm³/mol. The van der Waals surface area contributed by atoms with Gasteiger partial charge in [0.25, 0.3) is 10.0 Å². The molecule has 4 aromatic rings. The number of sulfonamides is 1. The molecule has 0 aliphatic carbocycles. The average Bonchev–Trinajstić information content (AvgIpc) is 3.36. The lowest BCUT2D eigenvalue weighted by molar-refractivity contribution is 0.579. The largest absolute Gasteiger partial charge is 0.371 e. The molecule has 0 bridgehead atoms. The molecule has 0 unspecified atom stereocenters. The number of benzene rings is 1. The Bertz CT molecular complexity index is 1240. The smallest absolute Gasteiger partial charge is 0.271 e. The van der Waals surface area contributed by atoms with Crippen LogP contribution in [-0.2, 0) is 10.0 Å². The van der Waals surface area contributed by atoms with Gasteiger partial charge in [0.2, 0.25) is 0 Å². The highest BCUT2D eigenvalue weighted by Gasteiger charge is 2.19. The molecule has 1 aromatic carbocycles. The number of aromatic amines is 1. The van der Waals surface area contributed by atoms with E-state index in [1.54, 1.807) is 23.6 Å². The van der Waals surface area contributed by atoms with Gasteiger partial charge >= 0.3 is 0 Å². The zero-order valence-corrected chi connectivity index (χ0v) is 16.8. The van der Waals surface area contributed by atoms with E-state index in [2.05, 4.69) is 25.7 Å². The van der Waals surface area contributed by atoms with Crippen LogP contribution in [0.1, 0.15) is 19.3 Å². The number of piperidine rings is 1. The van der Waals surface area contributed by atoms with Crippen LogP contribution in [0.3, 0.4) is 0 Å². The SMILES string of the molecule is O=S(=O)(Nc1ccc2[nH]c3nccc(N4CCCCC4)c3c2c1)c1cccs1. The van der Waals surface area contributed by atoms with Gasteiger partial charge in [-0.05, 0) is 55.0 Å². The van der Waals surface area contributed by atoms with Crippen molar-refractivity contribution in [3.05, 3.63) is 48.0 Å². The normalized spacial score (nSPS) is 15.4. The molecule has 0 saturated carbocycles. The third kappa shape index (κ3) is 3.02. The number of anilines is 2. The summed E-state index contributed by atoms with van der Waals surface area (Å²) in [4.78, 5) is 10.3. The van der Waals surface area contributed by atoms with Crippen LogP contribution in [0, 0.1) is 0 Å². The van der Waals surface area contributed by atoms with E-state index in [1.165, 1.54) is 30.6 Å². The Balaban J connectivity index is 1.61. The van der Waals surface area contributed by atoms with Gasteiger partial charge in [-0.3, -0.25) is 4.72 Å². The molecular formula is C20H20N4O2S2. The summed E-state index contributed by atoms with van der Waals surface area (Å²) in [6.07, 6.45) is 5.49. The minimum Gasteiger partial charge on any atom is -0.371 e. The van der Waals surface area contributed by atoms with Crippen LogP contribution < -0.4 is 9.62 Å². The molecule has 0 radical (unpaired) electrons. The topological polar surface area (TPSA) is 78.1 Å². The molecule has 3 aromatic heterocycles. The summed E-state index contributed by atoms with van der Waals surface area (Å²) in [6.45, 7) is 2.08. The summed E-state index contributed by atoms with van der Waals surface area (Å²) in [6, 6.07) is 11.0. The van der Waals surface area contributed by atoms with Crippen LogP contribution in [-0.4, -0.2) is 31.5 Å². The Morgan fingerprint density at radius 2 is 1.96 bits per heavy atom. The number of thiophene rings is 1. The van der Waals surface area contributed by atoms with E-state index in [0.29, 0.717) is 9.90 Å². The molecule has 4 heterocycles. The summed E-state index contributed by atoms with van der Waals surface area (Å²) in [5, 5.41) is 3.79. The van der Waals surface area contributed by atoms with E-state index in [9.17, 15) is 8.42 Å². The lowest BCUT2D eigenvalue weighted by atomic mass is 10.1. The van der Waals surface area contributed by atoms with Crippen LogP contribution >= 0.6 is 11.3 Å². The molecule has 0 spiro atoms. The molecule has 1 aliphatic heterocycles. The van der Waals surface area contributed by atoms with Crippen LogP contribution in [0.4, 0.5) is 11.4 Å². The summed E-state index contributed by atoms with van der Waals surface area (Å²) in [5.41, 5.74) is 3.49. The first kappa shape index (κ1) is 17.5. The average molecular weight is 413 g/mol. The standard InChI is InChI=1S/C20H20N4O2S2/c25-28(26,18-5-4-12-27-18)23-14-6-7-16-15(13-14)19-17(8-9-21-20(19)22-16)24-10-2-1-3-11-24/h4-9,12-13,23H,1-3,10-11H2,(H,21,22). The molecular weight excluding hydrogens is 392 g/mol. The Morgan fingerprint density at radius 3 is 2.75 bits per heavy atom. The molecule has 0 atom stereocenters. The number of hydrogen-bond donors (Lipinski definition) is 2. The van der Waals surface area contributed by atoms with Gasteiger partial charge in [0.05, 0.1) is 5.39 Å². The van der Waals surface area contributed by atoms with E-state index in [1.807, 2.05) is 18.3 Å². The Kier molecular flexibility index (Phi) is 4.25. The molecule has 1 saturated heterocycles. The van der Waals surface area contributed by atoms with E-state index >= 15 is 0 Å². The van der Waals surface area contributed by atoms with Crippen molar-refractivity contribution in [3.63, 3.8) is 0 Å². The first-order valence-corrected chi connectivity index (χ1v) is 11.7. The molecule has 1 aliphatic rings. The predicted octanol–water partition coefficient (Wildman–Crippen LogP) is 4.57. The summed E-state index contributed by atoms with van der Waals surface area (Å²) in [5.74, 6) is 0. The molecule has 2 N–H and O–H groups in total. The second-order valence-corrected chi connectivity index (χ2v) is 9.88. The maximum atomic E-state index is 12.6. The first-order valence-electron chi connectivity index (χ1n) is 9.33. The molecule has 5 rings (SSSR count). The summed E-state index contributed by atoms with van der Waals surface area (Å²) >= 11 is 1.20. The van der Waals surface area contributed by atoms with Crippen molar-refractivity contribution in [3.8, 4) is 0 Å². The second-order valence-electron chi connectivity index (χ2n) is 7.02. The fourth-order valence-corrected chi connectivity index (χ4v) is 5.93. The fourth-order valence-electron chi connectivity index (χ4n) is 3.88. The maximum absolute atomic E-state index is 12.6. The third-order valence-corrected chi connectivity index (χ3v) is 7.96. The van der Waals surface area contributed by atoms with Gasteiger partial charge in [0, 0.05) is 41.6 Å². The van der Waals surface area contributed by atoms with E-state index in [-0.39, 0.29) is 0 Å². The minimum absolute atomic E-state index is 0.308. The second kappa shape index (κ2) is 6.79. The Labute approximate surface area is 167 Å². The zero-order chi connectivity index (χ0) is 19.1. The molecule has 8 heteroatoms. The van der Waals surface area contributed by atoms with Crippen molar-refractivity contribution in [1.82, 2.24) is 9.97 Å². The van der Waals surface area contributed by atoms with Crippen molar-refractivity contribution < 1.29 is 8.42 Å². The number of rotatable bonds is 4. The van der Waals surface area contributed by atoms with Crippen LogP contribution in [0.2, 0.25) is 0 Å². The molecule has 28 heavy (non-hydrogen) atoms. The fraction of sp³-hybridized carbons (Fsp3) is 0.250. The first-order chi connectivity index (χ1) is 13.6. The molecule has 144 valence electrons. The van der Waals surface area contributed by atoms with Crippen molar-refractivity contribution in [1.29, 1.82) is 0 Å². The van der Waals surface area contributed by atoms with Gasteiger partial charge in [-0.2, -0.15) is 0 Å². The monoisotopic (exact) mass is 412 g/mol.